The van der Waals surface area contributed by atoms with E-state index in [2.05, 4.69) is 40.2 Å². The molecule has 1 aromatic heterocycles. The van der Waals surface area contributed by atoms with Crippen LogP contribution in [0.2, 0.25) is 0 Å². The monoisotopic (exact) mass is 357 g/mol. The fraction of sp³-hybridized carbons (Fsp3) is 0.733. The Morgan fingerprint density at radius 2 is 2.19 bits per heavy atom. The lowest BCUT2D eigenvalue weighted by Crippen LogP contribution is -2.31. The summed E-state index contributed by atoms with van der Waals surface area (Å²) in [5.41, 5.74) is 0.593. The molecule has 1 aromatic rings. The van der Waals surface area contributed by atoms with Crippen LogP contribution in [0.3, 0.4) is 0 Å². The summed E-state index contributed by atoms with van der Waals surface area (Å²) >= 11 is 3.36. The van der Waals surface area contributed by atoms with Gasteiger partial charge in [0, 0.05) is 19.0 Å². The third-order valence-electron chi connectivity index (χ3n) is 3.95. The van der Waals surface area contributed by atoms with Gasteiger partial charge in [-0.25, -0.2) is 4.68 Å². The summed E-state index contributed by atoms with van der Waals surface area (Å²) in [6.07, 6.45) is 5.63. The highest BCUT2D eigenvalue weighted by Gasteiger charge is 2.23. The molecule has 2 atom stereocenters. The number of aliphatic hydroxyl groups excluding tert-OH is 1. The molecule has 2 rings (SSSR count). The summed E-state index contributed by atoms with van der Waals surface area (Å²) in [6, 6.07) is 0. The molecule has 118 valence electrons. The lowest BCUT2D eigenvalue weighted by atomic mass is 9.86. The van der Waals surface area contributed by atoms with Gasteiger partial charge in [0.15, 0.2) is 0 Å². The molecule has 1 aliphatic rings. The maximum absolute atomic E-state index is 12.2. The average Bonchev–Trinajstić information content (AvgIpc) is 2.44. The van der Waals surface area contributed by atoms with E-state index in [0.717, 1.165) is 19.3 Å². The number of hydrogen-bond acceptors (Lipinski definition) is 4. The van der Waals surface area contributed by atoms with Crippen LogP contribution >= 0.6 is 15.9 Å². The molecule has 0 aromatic carbocycles. The first-order valence-corrected chi connectivity index (χ1v) is 8.46. The SMILES string of the molecule is CC(C)Cn1ncc(NCC2CCCCC2O)c(Br)c1=O. The minimum absolute atomic E-state index is 0.113. The first-order chi connectivity index (χ1) is 9.99. The van der Waals surface area contributed by atoms with E-state index in [4.69, 9.17) is 0 Å². The molecule has 5 nitrogen and oxygen atoms in total. The fourth-order valence-corrected chi connectivity index (χ4v) is 3.18. The number of hydrogen-bond donors (Lipinski definition) is 2. The second-order valence-electron chi connectivity index (χ2n) is 6.25. The van der Waals surface area contributed by atoms with Gasteiger partial charge >= 0.3 is 0 Å². The Morgan fingerprint density at radius 3 is 2.86 bits per heavy atom. The number of nitrogens with zero attached hydrogens (tertiary/aromatic N) is 2. The second-order valence-corrected chi connectivity index (χ2v) is 7.04. The van der Waals surface area contributed by atoms with Gasteiger partial charge < -0.3 is 10.4 Å². The summed E-state index contributed by atoms with van der Waals surface area (Å²) < 4.78 is 2.00. The van der Waals surface area contributed by atoms with Crippen LogP contribution in [0.5, 0.6) is 0 Å². The minimum Gasteiger partial charge on any atom is -0.393 e. The maximum Gasteiger partial charge on any atom is 0.283 e. The van der Waals surface area contributed by atoms with Crippen LogP contribution < -0.4 is 10.9 Å². The van der Waals surface area contributed by atoms with Crippen molar-refractivity contribution in [2.24, 2.45) is 11.8 Å². The summed E-state index contributed by atoms with van der Waals surface area (Å²) in [5.74, 6) is 0.627. The quantitative estimate of drug-likeness (QED) is 0.849. The number of anilines is 1. The summed E-state index contributed by atoms with van der Waals surface area (Å²) in [4.78, 5) is 12.2. The fourth-order valence-electron chi connectivity index (χ4n) is 2.73. The maximum atomic E-state index is 12.2. The lowest BCUT2D eigenvalue weighted by molar-refractivity contribution is 0.0763. The van der Waals surface area contributed by atoms with Crippen molar-refractivity contribution in [2.75, 3.05) is 11.9 Å². The average molecular weight is 358 g/mol. The van der Waals surface area contributed by atoms with Crippen LogP contribution in [0.25, 0.3) is 0 Å². The van der Waals surface area contributed by atoms with E-state index in [1.54, 1.807) is 6.20 Å². The molecule has 0 saturated heterocycles. The van der Waals surface area contributed by atoms with Crippen LogP contribution in [-0.2, 0) is 6.54 Å². The highest BCUT2D eigenvalue weighted by molar-refractivity contribution is 9.10. The van der Waals surface area contributed by atoms with Gasteiger partial charge in [-0.3, -0.25) is 4.79 Å². The van der Waals surface area contributed by atoms with Crippen LogP contribution in [0.4, 0.5) is 5.69 Å². The topological polar surface area (TPSA) is 67.2 Å². The first kappa shape index (κ1) is 16.5. The van der Waals surface area contributed by atoms with Crippen molar-refractivity contribution in [3.63, 3.8) is 0 Å². The largest absolute Gasteiger partial charge is 0.393 e. The summed E-state index contributed by atoms with van der Waals surface area (Å²) in [6.45, 7) is 5.39. The zero-order valence-corrected chi connectivity index (χ0v) is 14.3. The van der Waals surface area contributed by atoms with Gasteiger partial charge in [0.25, 0.3) is 5.56 Å². The van der Waals surface area contributed by atoms with E-state index in [1.807, 2.05) is 0 Å². The molecule has 0 radical (unpaired) electrons. The number of nitrogens with one attached hydrogen (secondary N) is 1. The molecule has 1 fully saturated rings. The summed E-state index contributed by atoms with van der Waals surface area (Å²) in [7, 11) is 0. The Hall–Kier alpha value is -0.880. The summed E-state index contributed by atoms with van der Waals surface area (Å²) in [5, 5.41) is 17.4. The van der Waals surface area contributed by atoms with E-state index in [9.17, 15) is 9.90 Å². The number of halogens is 1. The third kappa shape index (κ3) is 4.30. The van der Waals surface area contributed by atoms with Crippen molar-refractivity contribution in [3.8, 4) is 0 Å². The highest BCUT2D eigenvalue weighted by atomic mass is 79.9. The van der Waals surface area contributed by atoms with Gasteiger partial charge in [0.1, 0.15) is 4.47 Å². The Labute approximate surface area is 133 Å². The molecular formula is C15H24BrN3O2. The standard InChI is InChI=1S/C15H24BrN3O2/c1-10(2)9-19-15(21)14(16)12(8-18-19)17-7-11-5-3-4-6-13(11)20/h8,10-11,13,17,20H,3-7,9H2,1-2H3. The van der Waals surface area contributed by atoms with Crippen molar-refractivity contribution < 1.29 is 5.11 Å². The molecule has 1 heterocycles. The highest BCUT2D eigenvalue weighted by Crippen LogP contribution is 2.25. The third-order valence-corrected chi connectivity index (χ3v) is 4.71. The molecule has 2 unspecified atom stereocenters. The van der Waals surface area contributed by atoms with E-state index < -0.39 is 0 Å². The molecule has 0 amide bonds. The first-order valence-electron chi connectivity index (χ1n) is 7.66. The van der Waals surface area contributed by atoms with Gasteiger partial charge in [-0.05, 0) is 34.7 Å². The molecule has 2 N–H and O–H groups in total. The van der Waals surface area contributed by atoms with Crippen LogP contribution in [0, 0.1) is 11.8 Å². The van der Waals surface area contributed by atoms with E-state index in [1.165, 1.54) is 11.1 Å². The molecule has 1 aliphatic carbocycles. The Bertz CT molecular complexity index is 530. The Kier molecular flexibility index (Phi) is 5.81. The smallest absolute Gasteiger partial charge is 0.283 e. The van der Waals surface area contributed by atoms with Crippen molar-refractivity contribution in [1.82, 2.24) is 9.78 Å². The second kappa shape index (κ2) is 7.40. The minimum atomic E-state index is -0.237. The van der Waals surface area contributed by atoms with Crippen LogP contribution in [-0.4, -0.2) is 27.5 Å². The van der Waals surface area contributed by atoms with Crippen molar-refractivity contribution in [2.45, 2.75) is 52.2 Å². The van der Waals surface area contributed by atoms with Crippen molar-refractivity contribution in [1.29, 1.82) is 0 Å². The zero-order valence-electron chi connectivity index (χ0n) is 12.7. The van der Waals surface area contributed by atoms with Gasteiger partial charge in [0.05, 0.1) is 18.0 Å². The van der Waals surface area contributed by atoms with Crippen molar-refractivity contribution >= 4 is 21.6 Å². The molecule has 0 spiro atoms. The number of aliphatic hydroxyl groups is 1. The Balaban J connectivity index is 2.03. The lowest BCUT2D eigenvalue weighted by Gasteiger charge is -2.28. The van der Waals surface area contributed by atoms with Gasteiger partial charge in [-0.2, -0.15) is 5.10 Å². The van der Waals surface area contributed by atoms with Gasteiger partial charge in [-0.15, -0.1) is 0 Å². The Morgan fingerprint density at radius 1 is 1.48 bits per heavy atom. The molecule has 0 bridgehead atoms. The van der Waals surface area contributed by atoms with Crippen LogP contribution in [0.15, 0.2) is 15.5 Å². The zero-order chi connectivity index (χ0) is 15.4. The van der Waals surface area contributed by atoms with E-state index in [-0.39, 0.29) is 17.6 Å². The normalized spacial score (nSPS) is 22.5. The molecule has 1 saturated carbocycles. The van der Waals surface area contributed by atoms with E-state index >= 15 is 0 Å². The molecule has 21 heavy (non-hydrogen) atoms. The van der Waals surface area contributed by atoms with Crippen molar-refractivity contribution in [3.05, 3.63) is 21.0 Å². The van der Waals surface area contributed by atoms with Crippen LogP contribution in [0.1, 0.15) is 39.5 Å². The number of aromatic nitrogens is 2. The number of rotatable bonds is 5. The molecule has 6 heteroatoms. The van der Waals surface area contributed by atoms with E-state index in [0.29, 0.717) is 29.2 Å². The predicted molar refractivity (Wildman–Crippen MR) is 87.5 cm³/mol. The molecule has 0 aliphatic heterocycles. The van der Waals surface area contributed by atoms with Gasteiger partial charge in [0.2, 0.25) is 0 Å². The van der Waals surface area contributed by atoms with Gasteiger partial charge in [-0.1, -0.05) is 26.7 Å². The predicted octanol–water partition coefficient (Wildman–Crippen LogP) is 2.62. The molecular weight excluding hydrogens is 334 g/mol.